The predicted octanol–water partition coefficient (Wildman–Crippen LogP) is 3.00. The number of hydrogen-bond acceptors (Lipinski definition) is 3. The first-order valence-corrected chi connectivity index (χ1v) is 10.4. The molecule has 2 aliphatic heterocycles. The van der Waals surface area contributed by atoms with Gasteiger partial charge in [0, 0.05) is 32.8 Å². The number of benzene rings is 1. The summed E-state index contributed by atoms with van der Waals surface area (Å²) in [7, 11) is 0. The van der Waals surface area contributed by atoms with Crippen LogP contribution in [0.25, 0.3) is 0 Å². The van der Waals surface area contributed by atoms with Crippen LogP contribution in [0, 0.1) is 20.8 Å². The van der Waals surface area contributed by atoms with Crippen molar-refractivity contribution in [2.24, 2.45) is 4.99 Å². The minimum absolute atomic E-state index is 0.159. The van der Waals surface area contributed by atoms with Crippen LogP contribution in [0.3, 0.4) is 0 Å². The fourth-order valence-electron chi connectivity index (χ4n) is 4.29. The number of hydrogen-bond donors (Lipinski definition) is 1. The van der Waals surface area contributed by atoms with Gasteiger partial charge in [0.25, 0.3) is 0 Å². The van der Waals surface area contributed by atoms with Crippen molar-refractivity contribution < 1.29 is 9.47 Å². The van der Waals surface area contributed by atoms with E-state index in [9.17, 15) is 0 Å². The van der Waals surface area contributed by atoms with E-state index in [2.05, 4.69) is 50.0 Å². The zero-order valence-electron chi connectivity index (χ0n) is 17.4. The average molecular weight is 374 g/mol. The number of aryl methyl sites for hydroxylation is 3. The van der Waals surface area contributed by atoms with Crippen LogP contribution in [-0.4, -0.2) is 62.5 Å². The molecule has 0 bridgehead atoms. The lowest BCUT2D eigenvalue weighted by atomic mass is 9.97. The molecule has 5 heteroatoms. The third kappa shape index (κ3) is 5.23. The number of ether oxygens (including phenoxy) is 2. The Morgan fingerprint density at radius 3 is 2.56 bits per heavy atom. The van der Waals surface area contributed by atoms with Gasteiger partial charge in [-0.2, -0.15) is 0 Å². The SMILES string of the molecule is CCNC(=NCCc1c(C)cc(C)cc1C)N1CCOC(C2CCCO2)C1. The van der Waals surface area contributed by atoms with E-state index in [0.717, 1.165) is 64.6 Å². The molecule has 3 rings (SSSR count). The molecule has 1 aromatic rings. The average Bonchev–Trinajstić information content (AvgIpc) is 3.18. The highest BCUT2D eigenvalue weighted by Gasteiger charge is 2.32. The Morgan fingerprint density at radius 2 is 1.89 bits per heavy atom. The van der Waals surface area contributed by atoms with Gasteiger partial charge in [0.2, 0.25) is 0 Å². The molecule has 0 amide bonds. The number of morpholine rings is 1. The second kappa shape index (κ2) is 9.56. The molecule has 0 aliphatic carbocycles. The van der Waals surface area contributed by atoms with Gasteiger partial charge in [-0.1, -0.05) is 17.7 Å². The van der Waals surface area contributed by atoms with Crippen LogP contribution >= 0.6 is 0 Å². The van der Waals surface area contributed by atoms with Gasteiger partial charge in [0.1, 0.15) is 6.10 Å². The highest BCUT2D eigenvalue weighted by atomic mass is 16.5. The van der Waals surface area contributed by atoms with E-state index in [4.69, 9.17) is 14.5 Å². The molecule has 0 radical (unpaired) electrons. The minimum Gasteiger partial charge on any atom is -0.375 e. The molecule has 1 aromatic carbocycles. The van der Waals surface area contributed by atoms with Gasteiger partial charge in [-0.3, -0.25) is 4.99 Å². The van der Waals surface area contributed by atoms with Crippen LogP contribution in [0.15, 0.2) is 17.1 Å². The third-order valence-corrected chi connectivity index (χ3v) is 5.57. The van der Waals surface area contributed by atoms with Gasteiger partial charge in [-0.15, -0.1) is 0 Å². The summed E-state index contributed by atoms with van der Waals surface area (Å²) in [5.74, 6) is 1.01. The molecular weight excluding hydrogens is 338 g/mol. The van der Waals surface area contributed by atoms with Gasteiger partial charge < -0.3 is 19.7 Å². The topological polar surface area (TPSA) is 46.1 Å². The molecule has 2 saturated heterocycles. The van der Waals surface area contributed by atoms with Crippen LogP contribution in [0.4, 0.5) is 0 Å². The second-order valence-electron chi connectivity index (χ2n) is 7.77. The Hall–Kier alpha value is -1.59. The smallest absolute Gasteiger partial charge is 0.194 e. The minimum atomic E-state index is 0.159. The number of rotatable bonds is 5. The fraction of sp³-hybridized carbons (Fsp3) is 0.682. The standard InChI is InChI=1S/C22H35N3O2/c1-5-23-22(24-9-8-19-17(3)13-16(2)14-18(19)4)25-10-12-27-21(15-25)20-7-6-11-26-20/h13-14,20-21H,5-12,15H2,1-4H3,(H,23,24). The molecule has 2 aliphatic rings. The Kier molecular flexibility index (Phi) is 7.13. The summed E-state index contributed by atoms with van der Waals surface area (Å²) in [6, 6.07) is 4.54. The van der Waals surface area contributed by atoms with Gasteiger partial charge in [0.05, 0.1) is 12.7 Å². The Labute approximate surface area is 164 Å². The Balaban J connectivity index is 1.64. The molecule has 0 saturated carbocycles. The van der Waals surface area contributed by atoms with Crippen LogP contribution < -0.4 is 5.32 Å². The van der Waals surface area contributed by atoms with E-state index < -0.39 is 0 Å². The quantitative estimate of drug-likeness (QED) is 0.637. The molecule has 5 nitrogen and oxygen atoms in total. The lowest BCUT2D eigenvalue weighted by molar-refractivity contribution is -0.0817. The first-order valence-electron chi connectivity index (χ1n) is 10.4. The second-order valence-corrected chi connectivity index (χ2v) is 7.77. The molecule has 2 unspecified atom stereocenters. The van der Waals surface area contributed by atoms with E-state index in [-0.39, 0.29) is 12.2 Å². The largest absolute Gasteiger partial charge is 0.375 e. The Morgan fingerprint density at radius 1 is 1.15 bits per heavy atom. The number of guanidine groups is 1. The van der Waals surface area contributed by atoms with Crippen LogP contribution in [-0.2, 0) is 15.9 Å². The van der Waals surface area contributed by atoms with E-state index >= 15 is 0 Å². The summed E-state index contributed by atoms with van der Waals surface area (Å²) >= 11 is 0. The third-order valence-electron chi connectivity index (χ3n) is 5.57. The predicted molar refractivity (Wildman–Crippen MR) is 111 cm³/mol. The molecular formula is C22H35N3O2. The van der Waals surface area contributed by atoms with Crippen molar-refractivity contribution in [3.8, 4) is 0 Å². The summed E-state index contributed by atoms with van der Waals surface area (Å²) in [6.07, 6.45) is 3.64. The van der Waals surface area contributed by atoms with Gasteiger partial charge in [-0.25, -0.2) is 0 Å². The Bertz CT molecular complexity index is 630. The van der Waals surface area contributed by atoms with E-state index in [1.807, 2.05) is 0 Å². The molecule has 27 heavy (non-hydrogen) atoms. The number of aliphatic imine (C=N–C) groups is 1. The maximum atomic E-state index is 5.99. The number of nitrogens with zero attached hydrogens (tertiary/aromatic N) is 2. The highest BCUT2D eigenvalue weighted by Crippen LogP contribution is 2.21. The first-order chi connectivity index (χ1) is 13.1. The zero-order valence-corrected chi connectivity index (χ0v) is 17.4. The summed E-state index contributed by atoms with van der Waals surface area (Å²) in [6.45, 7) is 13.7. The van der Waals surface area contributed by atoms with Crippen LogP contribution in [0.2, 0.25) is 0 Å². The summed E-state index contributed by atoms with van der Waals surface area (Å²) in [5, 5.41) is 3.47. The molecule has 2 fully saturated rings. The normalized spacial score (nSPS) is 23.7. The molecule has 2 heterocycles. The summed E-state index contributed by atoms with van der Waals surface area (Å²) in [5.41, 5.74) is 5.51. The van der Waals surface area contributed by atoms with Gasteiger partial charge in [-0.05, 0) is 63.6 Å². The molecule has 1 N–H and O–H groups in total. The van der Waals surface area contributed by atoms with E-state index in [0.29, 0.717) is 0 Å². The van der Waals surface area contributed by atoms with Crippen molar-refractivity contribution in [3.05, 3.63) is 34.4 Å². The summed E-state index contributed by atoms with van der Waals surface area (Å²) < 4.78 is 11.8. The van der Waals surface area contributed by atoms with Crippen LogP contribution in [0.5, 0.6) is 0 Å². The van der Waals surface area contributed by atoms with Crippen molar-refractivity contribution in [3.63, 3.8) is 0 Å². The lowest BCUT2D eigenvalue weighted by Gasteiger charge is -2.37. The van der Waals surface area contributed by atoms with Gasteiger partial charge in [0.15, 0.2) is 5.96 Å². The molecule has 150 valence electrons. The zero-order chi connectivity index (χ0) is 19.2. The van der Waals surface area contributed by atoms with E-state index in [1.165, 1.54) is 22.3 Å². The first kappa shape index (κ1) is 20.2. The van der Waals surface area contributed by atoms with Crippen molar-refractivity contribution in [2.75, 3.05) is 39.4 Å². The van der Waals surface area contributed by atoms with Crippen molar-refractivity contribution in [2.45, 2.75) is 59.2 Å². The van der Waals surface area contributed by atoms with Crippen molar-refractivity contribution in [1.82, 2.24) is 10.2 Å². The molecule has 0 spiro atoms. The highest BCUT2D eigenvalue weighted by molar-refractivity contribution is 5.80. The van der Waals surface area contributed by atoms with Crippen LogP contribution in [0.1, 0.15) is 42.0 Å². The fourth-order valence-corrected chi connectivity index (χ4v) is 4.29. The maximum Gasteiger partial charge on any atom is 0.194 e. The lowest BCUT2D eigenvalue weighted by Crippen LogP contribution is -2.53. The monoisotopic (exact) mass is 373 g/mol. The maximum absolute atomic E-state index is 5.99. The molecule has 0 aromatic heterocycles. The van der Waals surface area contributed by atoms with E-state index in [1.54, 1.807) is 0 Å². The van der Waals surface area contributed by atoms with Gasteiger partial charge >= 0.3 is 0 Å². The molecule has 2 atom stereocenters. The summed E-state index contributed by atoms with van der Waals surface area (Å²) in [4.78, 5) is 7.27. The van der Waals surface area contributed by atoms with Crippen molar-refractivity contribution >= 4 is 5.96 Å². The van der Waals surface area contributed by atoms with Crippen molar-refractivity contribution in [1.29, 1.82) is 0 Å². The number of nitrogens with one attached hydrogen (secondary N) is 1.